The predicted octanol–water partition coefficient (Wildman–Crippen LogP) is 1.56. The molecule has 0 radical (unpaired) electrons. The van der Waals surface area contributed by atoms with Gasteiger partial charge in [0.1, 0.15) is 0 Å². The van der Waals surface area contributed by atoms with Crippen molar-refractivity contribution in [2.75, 3.05) is 7.05 Å². The number of amides is 1. The van der Waals surface area contributed by atoms with E-state index >= 15 is 0 Å². The molecule has 0 heterocycles. The molecular weight excluding hydrogens is 228 g/mol. The van der Waals surface area contributed by atoms with Crippen LogP contribution in [-0.2, 0) is 4.79 Å². The Morgan fingerprint density at radius 1 is 1.44 bits per heavy atom. The number of rotatable bonds is 6. The third kappa shape index (κ3) is 4.94. The number of likely N-dealkylation sites (N-methyl/N-ethyl adjacent to an activating group) is 1. The number of carbonyl (C=O) groups is 1. The van der Waals surface area contributed by atoms with Gasteiger partial charge in [-0.05, 0) is 32.1 Å². The van der Waals surface area contributed by atoms with Crippen molar-refractivity contribution in [1.82, 2.24) is 5.32 Å². The van der Waals surface area contributed by atoms with E-state index in [1.54, 1.807) is 14.0 Å². The third-order valence-electron chi connectivity index (χ3n) is 4.04. The standard InChI is InChI=1S/C14H28N2O2/c1-14(15,13(18)16-2)10-12(17)9-8-11-6-4-3-5-7-11/h11-12,17H,3-10,15H2,1-2H3,(H,16,18). The molecule has 0 aromatic rings. The van der Waals surface area contributed by atoms with E-state index < -0.39 is 11.6 Å². The van der Waals surface area contributed by atoms with Gasteiger partial charge in [-0.25, -0.2) is 0 Å². The minimum Gasteiger partial charge on any atom is -0.393 e. The summed E-state index contributed by atoms with van der Waals surface area (Å²) < 4.78 is 0. The van der Waals surface area contributed by atoms with Gasteiger partial charge in [0.15, 0.2) is 0 Å². The molecule has 4 nitrogen and oxygen atoms in total. The second kappa shape index (κ2) is 7.10. The van der Waals surface area contributed by atoms with Crippen LogP contribution in [0, 0.1) is 5.92 Å². The van der Waals surface area contributed by atoms with E-state index in [1.807, 2.05) is 0 Å². The van der Waals surface area contributed by atoms with Crippen molar-refractivity contribution < 1.29 is 9.90 Å². The van der Waals surface area contributed by atoms with Crippen LogP contribution >= 0.6 is 0 Å². The molecular formula is C14H28N2O2. The Bertz CT molecular complexity index is 261. The lowest BCUT2D eigenvalue weighted by Gasteiger charge is -2.27. The van der Waals surface area contributed by atoms with Crippen LogP contribution in [0.15, 0.2) is 0 Å². The number of nitrogens with two attached hydrogens (primary N) is 1. The molecule has 1 aliphatic rings. The number of carbonyl (C=O) groups excluding carboxylic acids is 1. The molecule has 4 heteroatoms. The molecule has 0 bridgehead atoms. The molecule has 2 atom stereocenters. The Morgan fingerprint density at radius 2 is 2.06 bits per heavy atom. The molecule has 0 aliphatic heterocycles. The summed E-state index contributed by atoms with van der Waals surface area (Å²) in [6.45, 7) is 1.68. The molecule has 18 heavy (non-hydrogen) atoms. The van der Waals surface area contributed by atoms with Crippen molar-refractivity contribution in [3.05, 3.63) is 0 Å². The summed E-state index contributed by atoms with van der Waals surface area (Å²) in [4.78, 5) is 11.5. The minimum atomic E-state index is -0.971. The van der Waals surface area contributed by atoms with Crippen LogP contribution in [0.4, 0.5) is 0 Å². The molecule has 0 spiro atoms. The van der Waals surface area contributed by atoms with Gasteiger partial charge in [0.2, 0.25) is 5.91 Å². The topological polar surface area (TPSA) is 75.4 Å². The average molecular weight is 256 g/mol. The van der Waals surface area contributed by atoms with Crippen molar-refractivity contribution in [1.29, 1.82) is 0 Å². The Kier molecular flexibility index (Phi) is 6.09. The van der Waals surface area contributed by atoms with Crippen LogP contribution in [0.3, 0.4) is 0 Å². The van der Waals surface area contributed by atoms with E-state index in [9.17, 15) is 9.90 Å². The van der Waals surface area contributed by atoms with E-state index in [-0.39, 0.29) is 5.91 Å². The quantitative estimate of drug-likeness (QED) is 0.675. The second-order valence-electron chi connectivity index (χ2n) is 5.94. The average Bonchev–Trinajstić information content (AvgIpc) is 2.36. The van der Waals surface area contributed by atoms with Gasteiger partial charge < -0.3 is 16.2 Å². The predicted molar refractivity (Wildman–Crippen MR) is 73.1 cm³/mol. The second-order valence-corrected chi connectivity index (χ2v) is 5.94. The van der Waals surface area contributed by atoms with Gasteiger partial charge in [-0.1, -0.05) is 32.1 Å². The maximum atomic E-state index is 11.5. The van der Waals surface area contributed by atoms with Gasteiger partial charge in [-0.2, -0.15) is 0 Å². The van der Waals surface area contributed by atoms with Crippen molar-refractivity contribution in [3.8, 4) is 0 Å². The first-order valence-electron chi connectivity index (χ1n) is 7.15. The first-order valence-corrected chi connectivity index (χ1v) is 7.15. The molecule has 1 aliphatic carbocycles. The molecule has 1 amide bonds. The number of aliphatic hydroxyl groups is 1. The fraction of sp³-hybridized carbons (Fsp3) is 0.929. The fourth-order valence-corrected chi connectivity index (χ4v) is 2.87. The van der Waals surface area contributed by atoms with Crippen LogP contribution in [0.1, 0.15) is 58.3 Å². The molecule has 1 rings (SSSR count). The zero-order valence-corrected chi connectivity index (χ0v) is 11.7. The maximum Gasteiger partial charge on any atom is 0.239 e. The summed E-state index contributed by atoms with van der Waals surface area (Å²) in [7, 11) is 1.57. The van der Waals surface area contributed by atoms with Crippen molar-refractivity contribution in [2.45, 2.75) is 69.9 Å². The first kappa shape index (κ1) is 15.4. The number of hydrogen-bond acceptors (Lipinski definition) is 3. The highest BCUT2D eigenvalue weighted by molar-refractivity contribution is 5.85. The number of aliphatic hydroxyl groups excluding tert-OH is 1. The van der Waals surface area contributed by atoms with Crippen LogP contribution in [0.2, 0.25) is 0 Å². The maximum absolute atomic E-state index is 11.5. The van der Waals surface area contributed by atoms with Crippen LogP contribution < -0.4 is 11.1 Å². The zero-order chi connectivity index (χ0) is 13.6. The van der Waals surface area contributed by atoms with E-state index in [0.717, 1.165) is 18.8 Å². The Morgan fingerprint density at radius 3 is 2.61 bits per heavy atom. The van der Waals surface area contributed by atoms with Gasteiger partial charge in [0.05, 0.1) is 11.6 Å². The molecule has 4 N–H and O–H groups in total. The third-order valence-corrected chi connectivity index (χ3v) is 4.04. The van der Waals surface area contributed by atoms with E-state index in [2.05, 4.69) is 5.32 Å². The summed E-state index contributed by atoms with van der Waals surface area (Å²) in [5, 5.41) is 12.5. The molecule has 1 saturated carbocycles. The SMILES string of the molecule is CNC(=O)C(C)(N)CC(O)CCC1CCCCC1. The lowest BCUT2D eigenvalue weighted by atomic mass is 9.84. The minimum absolute atomic E-state index is 0.209. The Hall–Kier alpha value is -0.610. The van der Waals surface area contributed by atoms with Crippen LogP contribution in [0.5, 0.6) is 0 Å². The molecule has 1 fully saturated rings. The summed E-state index contributed by atoms with van der Waals surface area (Å²) in [6, 6.07) is 0. The number of hydrogen-bond donors (Lipinski definition) is 3. The lowest BCUT2D eigenvalue weighted by molar-refractivity contribution is -0.126. The molecule has 0 aromatic carbocycles. The Labute approximate surface area is 110 Å². The highest BCUT2D eigenvalue weighted by atomic mass is 16.3. The van der Waals surface area contributed by atoms with E-state index in [1.165, 1.54) is 32.1 Å². The van der Waals surface area contributed by atoms with Gasteiger partial charge in [-0.15, -0.1) is 0 Å². The van der Waals surface area contributed by atoms with Crippen molar-refractivity contribution in [3.63, 3.8) is 0 Å². The van der Waals surface area contributed by atoms with E-state index in [4.69, 9.17) is 5.73 Å². The lowest BCUT2D eigenvalue weighted by Crippen LogP contribution is -2.52. The Balaban J connectivity index is 2.27. The largest absolute Gasteiger partial charge is 0.393 e. The normalized spacial score (nSPS) is 22.2. The monoisotopic (exact) mass is 256 g/mol. The summed E-state index contributed by atoms with van der Waals surface area (Å²) in [5.74, 6) is 0.552. The van der Waals surface area contributed by atoms with Gasteiger partial charge in [0, 0.05) is 7.05 Å². The summed E-state index contributed by atoms with van der Waals surface area (Å²) in [5.41, 5.74) is 4.94. The summed E-state index contributed by atoms with van der Waals surface area (Å²) in [6.07, 6.45) is 8.28. The van der Waals surface area contributed by atoms with Gasteiger partial charge >= 0.3 is 0 Å². The van der Waals surface area contributed by atoms with Crippen molar-refractivity contribution >= 4 is 5.91 Å². The van der Waals surface area contributed by atoms with Gasteiger partial charge in [-0.3, -0.25) is 4.79 Å². The van der Waals surface area contributed by atoms with Crippen LogP contribution in [-0.4, -0.2) is 29.7 Å². The van der Waals surface area contributed by atoms with Crippen LogP contribution in [0.25, 0.3) is 0 Å². The summed E-state index contributed by atoms with van der Waals surface area (Å²) >= 11 is 0. The first-order chi connectivity index (χ1) is 8.45. The van der Waals surface area contributed by atoms with Gasteiger partial charge in [0.25, 0.3) is 0 Å². The highest BCUT2D eigenvalue weighted by Gasteiger charge is 2.30. The molecule has 0 aromatic heterocycles. The zero-order valence-electron chi connectivity index (χ0n) is 11.7. The molecule has 2 unspecified atom stereocenters. The molecule has 106 valence electrons. The van der Waals surface area contributed by atoms with Crippen molar-refractivity contribution in [2.24, 2.45) is 11.7 Å². The van der Waals surface area contributed by atoms with E-state index in [0.29, 0.717) is 6.42 Å². The smallest absolute Gasteiger partial charge is 0.239 e. The number of nitrogens with one attached hydrogen (secondary N) is 1. The fourth-order valence-electron chi connectivity index (χ4n) is 2.87. The molecule has 0 saturated heterocycles. The highest BCUT2D eigenvalue weighted by Crippen LogP contribution is 2.28.